The van der Waals surface area contributed by atoms with Crippen molar-refractivity contribution in [2.75, 3.05) is 0 Å². The van der Waals surface area contributed by atoms with E-state index in [2.05, 4.69) is 6.07 Å². The fourth-order valence-corrected chi connectivity index (χ4v) is 2.71. The standard InChI is InChI=1S/C12H19NO2/c1-9-10(2)15-12(14-9)6-4-5-11(3,7-12)8-13/h9-10H,4-7H2,1-3H3/t9-,10-,11-/m1/s1. The quantitative estimate of drug-likeness (QED) is 0.616. The first-order valence-corrected chi connectivity index (χ1v) is 5.76. The zero-order valence-corrected chi connectivity index (χ0v) is 9.75. The molecule has 2 aliphatic rings. The molecule has 1 heterocycles. The van der Waals surface area contributed by atoms with Gasteiger partial charge in [0, 0.05) is 12.8 Å². The van der Waals surface area contributed by atoms with Gasteiger partial charge in [0.2, 0.25) is 0 Å². The molecule has 1 aliphatic heterocycles. The SMILES string of the molecule is C[C@H]1OC2(CCC[C@@](C)(C#N)C2)O[C@@H]1C. The van der Waals surface area contributed by atoms with Crippen LogP contribution in [0.15, 0.2) is 0 Å². The van der Waals surface area contributed by atoms with E-state index in [0.29, 0.717) is 6.42 Å². The number of hydrogen-bond donors (Lipinski definition) is 0. The predicted molar refractivity (Wildman–Crippen MR) is 56.0 cm³/mol. The van der Waals surface area contributed by atoms with E-state index in [-0.39, 0.29) is 17.6 Å². The van der Waals surface area contributed by atoms with Gasteiger partial charge in [-0.25, -0.2) is 0 Å². The molecule has 1 aliphatic carbocycles. The molecule has 15 heavy (non-hydrogen) atoms. The number of rotatable bonds is 0. The lowest BCUT2D eigenvalue weighted by molar-refractivity contribution is -0.207. The minimum absolute atomic E-state index is 0.144. The monoisotopic (exact) mass is 209 g/mol. The molecular weight excluding hydrogens is 190 g/mol. The minimum Gasteiger partial charge on any atom is -0.344 e. The molecule has 0 aromatic rings. The molecule has 3 nitrogen and oxygen atoms in total. The molecule has 0 N–H and O–H groups in total. The Labute approximate surface area is 91.4 Å². The third kappa shape index (κ3) is 1.89. The number of nitrogens with zero attached hydrogens (tertiary/aromatic N) is 1. The van der Waals surface area contributed by atoms with Gasteiger partial charge < -0.3 is 9.47 Å². The molecule has 0 amide bonds. The van der Waals surface area contributed by atoms with Crippen LogP contribution in [0.25, 0.3) is 0 Å². The topological polar surface area (TPSA) is 42.2 Å². The van der Waals surface area contributed by atoms with Gasteiger partial charge in [-0.2, -0.15) is 5.26 Å². The van der Waals surface area contributed by atoms with Gasteiger partial charge in [0.05, 0.1) is 23.7 Å². The van der Waals surface area contributed by atoms with Crippen LogP contribution in [0, 0.1) is 16.7 Å². The molecule has 0 radical (unpaired) electrons. The summed E-state index contributed by atoms with van der Waals surface area (Å²) in [6.07, 6.45) is 3.91. The summed E-state index contributed by atoms with van der Waals surface area (Å²) < 4.78 is 11.9. The van der Waals surface area contributed by atoms with Gasteiger partial charge in [-0.05, 0) is 33.6 Å². The van der Waals surface area contributed by atoms with Gasteiger partial charge in [0.1, 0.15) is 0 Å². The van der Waals surface area contributed by atoms with Crippen molar-refractivity contribution in [2.24, 2.45) is 5.41 Å². The van der Waals surface area contributed by atoms with Gasteiger partial charge in [0.15, 0.2) is 5.79 Å². The Morgan fingerprint density at radius 3 is 2.33 bits per heavy atom. The summed E-state index contributed by atoms with van der Waals surface area (Å²) in [7, 11) is 0. The molecule has 0 bridgehead atoms. The highest BCUT2D eigenvalue weighted by atomic mass is 16.8. The average molecular weight is 209 g/mol. The van der Waals surface area contributed by atoms with Crippen LogP contribution in [0.5, 0.6) is 0 Å². The second-order valence-corrected chi connectivity index (χ2v) is 5.26. The maximum absolute atomic E-state index is 9.16. The molecule has 3 atom stereocenters. The Bertz CT molecular complexity index is 286. The molecule has 3 heteroatoms. The van der Waals surface area contributed by atoms with E-state index in [4.69, 9.17) is 14.7 Å². The first-order valence-electron chi connectivity index (χ1n) is 5.76. The van der Waals surface area contributed by atoms with Crippen LogP contribution in [0.3, 0.4) is 0 Å². The van der Waals surface area contributed by atoms with E-state index in [0.717, 1.165) is 19.3 Å². The van der Waals surface area contributed by atoms with Crippen molar-refractivity contribution in [2.45, 2.75) is 64.4 Å². The summed E-state index contributed by atoms with van der Waals surface area (Å²) >= 11 is 0. The van der Waals surface area contributed by atoms with Gasteiger partial charge >= 0.3 is 0 Å². The van der Waals surface area contributed by atoms with Crippen molar-refractivity contribution < 1.29 is 9.47 Å². The van der Waals surface area contributed by atoms with Crippen LogP contribution in [0.4, 0.5) is 0 Å². The third-order valence-electron chi connectivity index (χ3n) is 3.68. The molecule has 0 aromatic heterocycles. The smallest absolute Gasteiger partial charge is 0.170 e. The maximum atomic E-state index is 9.16. The van der Waals surface area contributed by atoms with E-state index in [1.54, 1.807) is 0 Å². The number of ether oxygens (including phenoxy) is 2. The average Bonchev–Trinajstić information content (AvgIpc) is 2.41. The lowest BCUT2D eigenvalue weighted by Gasteiger charge is -2.39. The summed E-state index contributed by atoms with van der Waals surface area (Å²) in [5, 5.41) is 9.16. The maximum Gasteiger partial charge on any atom is 0.170 e. The van der Waals surface area contributed by atoms with Gasteiger partial charge in [-0.3, -0.25) is 0 Å². The third-order valence-corrected chi connectivity index (χ3v) is 3.68. The molecule has 1 saturated carbocycles. The lowest BCUT2D eigenvalue weighted by atomic mass is 9.74. The van der Waals surface area contributed by atoms with Crippen molar-refractivity contribution >= 4 is 0 Å². The van der Waals surface area contributed by atoms with E-state index in [1.165, 1.54) is 0 Å². The molecule has 1 saturated heterocycles. The van der Waals surface area contributed by atoms with Gasteiger partial charge in [0.25, 0.3) is 0 Å². The number of nitriles is 1. The number of hydrogen-bond acceptors (Lipinski definition) is 3. The van der Waals surface area contributed by atoms with E-state index >= 15 is 0 Å². The largest absolute Gasteiger partial charge is 0.344 e. The van der Waals surface area contributed by atoms with Crippen LogP contribution in [-0.4, -0.2) is 18.0 Å². The zero-order valence-electron chi connectivity index (χ0n) is 9.75. The molecule has 1 spiro atoms. The highest BCUT2D eigenvalue weighted by Gasteiger charge is 2.50. The zero-order chi connectivity index (χ0) is 11.1. The summed E-state index contributed by atoms with van der Waals surface area (Å²) in [6, 6.07) is 2.40. The van der Waals surface area contributed by atoms with E-state index in [9.17, 15) is 0 Å². The van der Waals surface area contributed by atoms with Crippen LogP contribution in [0.2, 0.25) is 0 Å². The summed E-state index contributed by atoms with van der Waals surface area (Å²) in [6.45, 7) is 6.09. The molecule has 0 unspecified atom stereocenters. The molecule has 2 rings (SSSR count). The van der Waals surface area contributed by atoms with Crippen molar-refractivity contribution in [1.82, 2.24) is 0 Å². The summed E-state index contributed by atoms with van der Waals surface area (Å²) in [4.78, 5) is 0. The fraction of sp³-hybridized carbons (Fsp3) is 0.917. The molecular formula is C12H19NO2. The van der Waals surface area contributed by atoms with Crippen LogP contribution < -0.4 is 0 Å². The fourth-order valence-electron chi connectivity index (χ4n) is 2.71. The minimum atomic E-state index is -0.471. The Morgan fingerprint density at radius 2 is 1.80 bits per heavy atom. The highest BCUT2D eigenvalue weighted by molar-refractivity contribution is 5.03. The Hall–Kier alpha value is -0.590. The first kappa shape index (κ1) is 10.9. The molecule has 2 fully saturated rings. The van der Waals surface area contributed by atoms with E-state index in [1.807, 2.05) is 20.8 Å². The Kier molecular flexibility index (Phi) is 2.52. The summed E-state index contributed by atoms with van der Waals surface area (Å²) in [5.74, 6) is -0.471. The second-order valence-electron chi connectivity index (χ2n) is 5.26. The molecule has 84 valence electrons. The van der Waals surface area contributed by atoms with E-state index < -0.39 is 5.79 Å². The lowest BCUT2D eigenvalue weighted by Crippen LogP contribution is -2.41. The first-order chi connectivity index (χ1) is 6.99. The van der Waals surface area contributed by atoms with Crippen LogP contribution in [-0.2, 0) is 9.47 Å². The predicted octanol–water partition coefficient (Wildman–Crippen LogP) is 2.61. The van der Waals surface area contributed by atoms with Crippen LogP contribution >= 0.6 is 0 Å². The van der Waals surface area contributed by atoms with Crippen molar-refractivity contribution in [3.05, 3.63) is 0 Å². The molecule has 0 aromatic carbocycles. The second kappa shape index (κ2) is 3.47. The van der Waals surface area contributed by atoms with Gasteiger partial charge in [-0.15, -0.1) is 0 Å². The van der Waals surface area contributed by atoms with Crippen molar-refractivity contribution in [1.29, 1.82) is 5.26 Å². The highest BCUT2D eigenvalue weighted by Crippen LogP contribution is 2.47. The van der Waals surface area contributed by atoms with Crippen molar-refractivity contribution in [3.8, 4) is 6.07 Å². The Balaban J connectivity index is 2.14. The normalized spacial score (nSPS) is 44.1. The van der Waals surface area contributed by atoms with Crippen LogP contribution in [0.1, 0.15) is 46.5 Å². The van der Waals surface area contributed by atoms with Gasteiger partial charge in [-0.1, -0.05) is 0 Å². The Morgan fingerprint density at radius 1 is 1.20 bits per heavy atom. The van der Waals surface area contributed by atoms with Crippen molar-refractivity contribution in [3.63, 3.8) is 0 Å². The summed E-state index contributed by atoms with van der Waals surface area (Å²) in [5.41, 5.74) is -0.276.